The van der Waals surface area contributed by atoms with Gasteiger partial charge in [0.2, 0.25) is 5.91 Å². The van der Waals surface area contributed by atoms with E-state index in [0.717, 1.165) is 54.1 Å². The number of hydrogen-bond donors (Lipinski definition) is 1. The van der Waals surface area contributed by atoms with Gasteiger partial charge < -0.3 is 5.32 Å². The first kappa shape index (κ1) is 25.8. The van der Waals surface area contributed by atoms with Crippen LogP contribution in [0.3, 0.4) is 0 Å². The SMILES string of the molecule is O=C(CCCCCCCCN1C(=O)c2ccccc2C1=O)N[C@@H](c1ccccc1)c1ccc(Br)cc1. The van der Waals surface area contributed by atoms with Crippen LogP contribution in [0, 0.1) is 0 Å². The van der Waals surface area contributed by atoms with Crippen molar-refractivity contribution >= 4 is 33.7 Å². The first-order valence-electron chi connectivity index (χ1n) is 12.6. The van der Waals surface area contributed by atoms with Gasteiger partial charge >= 0.3 is 0 Å². The summed E-state index contributed by atoms with van der Waals surface area (Å²) in [6.07, 6.45) is 6.13. The molecule has 0 saturated heterocycles. The van der Waals surface area contributed by atoms with Gasteiger partial charge in [0.1, 0.15) is 0 Å². The Morgan fingerprint density at radius 2 is 1.22 bits per heavy atom. The van der Waals surface area contributed by atoms with Crippen molar-refractivity contribution in [3.63, 3.8) is 0 Å². The van der Waals surface area contributed by atoms with Gasteiger partial charge in [-0.1, -0.05) is 96.2 Å². The zero-order valence-electron chi connectivity index (χ0n) is 20.3. The summed E-state index contributed by atoms with van der Waals surface area (Å²) in [7, 11) is 0. The van der Waals surface area contributed by atoms with Gasteiger partial charge in [-0.05, 0) is 48.2 Å². The molecular weight excluding hydrogens is 516 g/mol. The molecule has 1 heterocycles. The topological polar surface area (TPSA) is 66.5 Å². The molecule has 0 radical (unpaired) electrons. The van der Waals surface area contributed by atoms with E-state index in [2.05, 4.69) is 21.2 Å². The predicted octanol–water partition coefficient (Wildman–Crippen LogP) is 6.68. The summed E-state index contributed by atoms with van der Waals surface area (Å²) in [6, 6.07) is 24.9. The monoisotopic (exact) mass is 546 g/mol. The van der Waals surface area contributed by atoms with E-state index in [0.29, 0.717) is 24.1 Å². The summed E-state index contributed by atoms with van der Waals surface area (Å²) in [4.78, 5) is 38.9. The minimum absolute atomic E-state index is 0.0531. The molecule has 0 fully saturated rings. The number of halogens is 1. The molecule has 0 unspecified atom stereocenters. The Kier molecular flexibility index (Phi) is 9.06. The van der Waals surface area contributed by atoms with Crippen molar-refractivity contribution in [3.8, 4) is 0 Å². The van der Waals surface area contributed by atoms with Crippen molar-refractivity contribution < 1.29 is 14.4 Å². The number of nitrogens with zero attached hydrogens (tertiary/aromatic N) is 1. The van der Waals surface area contributed by atoms with Gasteiger partial charge in [0.15, 0.2) is 0 Å². The number of carbonyl (C=O) groups excluding carboxylic acids is 3. The van der Waals surface area contributed by atoms with E-state index in [1.165, 1.54) is 4.90 Å². The molecule has 0 saturated carbocycles. The molecule has 0 spiro atoms. The highest BCUT2D eigenvalue weighted by Gasteiger charge is 2.34. The van der Waals surface area contributed by atoms with Gasteiger partial charge in [0.25, 0.3) is 11.8 Å². The van der Waals surface area contributed by atoms with E-state index in [9.17, 15) is 14.4 Å². The molecule has 4 rings (SSSR count). The number of amides is 3. The number of benzene rings is 3. The van der Waals surface area contributed by atoms with Crippen LogP contribution in [0.25, 0.3) is 0 Å². The first-order valence-corrected chi connectivity index (χ1v) is 13.4. The van der Waals surface area contributed by atoms with Gasteiger partial charge in [-0.15, -0.1) is 0 Å². The van der Waals surface area contributed by atoms with E-state index < -0.39 is 0 Å². The van der Waals surface area contributed by atoms with E-state index in [1.807, 2.05) is 54.6 Å². The van der Waals surface area contributed by atoms with Gasteiger partial charge in [-0.2, -0.15) is 0 Å². The normalized spacial score (nSPS) is 13.5. The highest BCUT2D eigenvalue weighted by molar-refractivity contribution is 9.10. The molecular formula is C30H31BrN2O3. The third-order valence-corrected chi connectivity index (χ3v) is 7.08. The van der Waals surface area contributed by atoms with Crippen molar-refractivity contribution in [2.45, 2.75) is 51.0 Å². The van der Waals surface area contributed by atoms with Gasteiger partial charge in [-0.3, -0.25) is 19.3 Å². The number of rotatable bonds is 12. The Balaban J connectivity index is 1.14. The van der Waals surface area contributed by atoms with Crippen LogP contribution >= 0.6 is 15.9 Å². The molecule has 1 aliphatic rings. The van der Waals surface area contributed by atoms with E-state index in [-0.39, 0.29) is 23.8 Å². The highest BCUT2D eigenvalue weighted by Crippen LogP contribution is 2.25. The lowest BCUT2D eigenvalue weighted by Crippen LogP contribution is -2.30. The summed E-state index contributed by atoms with van der Waals surface area (Å²) >= 11 is 3.48. The standard InChI is InChI=1S/C30H31BrN2O3/c31-24-19-17-23(18-20-24)28(22-12-6-5-7-13-22)32-27(34)16-8-3-1-2-4-11-21-33-29(35)25-14-9-10-15-26(25)30(33)36/h5-7,9-10,12-15,17-20,28H,1-4,8,11,16,21H2,(H,32,34)/t28-/m0/s1. The van der Waals surface area contributed by atoms with Gasteiger partial charge in [-0.25, -0.2) is 0 Å². The van der Waals surface area contributed by atoms with Crippen LogP contribution < -0.4 is 5.32 Å². The second-order valence-corrected chi connectivity index (χ2v) is 10.1. The van der Waals surface area contributed by atoms with Crippen molar-refractivity contribution in [2.75, 3.05) is 6.54 Å². The maximum atomic E-state index is 12.7. The number of fused-ring (bicyclic) bond motifs is 1. The Morgan fingerprint density at radius 3 is 1.86 bits per heavy atom. The van der Waals surface area contributed by atoms with E-state index in [1.54, 1.807) is 24.3 Å². The van der Waals surface area contributed by atoms with Crippen LogP contribution in [0.1, 0.15) is 82.8 Å². The Hall–Kier alpha value is -3.25. The largest absolute Gasteiger partial charge is 0.345 e. The molecule has 186 valence electrons. The summed E-state index contributed by atoms with van der Waals surface area (Å²) in [5.41, 5.74) is 3.13. The third kappa shape index (κ3) is 6.49. The fraction of sp³-hybridized carbons (Fsp3) is 0.300. The Labute approximate surface area is 221 Å². The molecule has 3 aromatic carbocycles. The van der Waals surface area contributed by atoms with Crippen LogP contribution in [-0.2, 0) is 4.79 Å². The maximum absolute atomic E-state index is 12.7. The Morgan fingerprint density at radius 1 is 0.694 bits per heavy atom. The smallest absolute Gasteiger partial charge is 0.261 e. The highest BCUT2D eigenvalue weighted by atomic mass is 79.9. The molecule has 1 aliphatic heterocycles. The fourth-order valence-corrected chi connectivity index (χ4v) is 4.86. The molecule has 3 aromatic rings. The molecule has 0 aromatic heterocycles. The lowest BCUT2D eigenvalue weighted by Gasteiger charge is -2.20. The molecule has 0 aliphatic carbocycles. The third-order valence-electron chi connectivity index (χ3n) is 6.56. The minimum Gasteiger partial charge on any atom is -0.345 e. The van der Waals surface area contributed by atoms with Crippen molar-refractivity contribution in [3.05, 3.63) is 106 Å². The van der Waals surface area contributed by atoms with Gasteiger partial charge in [0, 0.05) is 17.4 Å². The maximum Gasteiger partial charge on any atom is 0.261 e. The number of carbonyl (C=O) groups is 3. The number of unbranched alkanes of at least 4 members (excludes halogenated alkanes) is 5. The molecule has 5 nitrogen and oxygen atoms in total. The summed E-state index contributed by atoms with van der Waals surface area (Å²) in [5.74, 6) is -0.311. The second kappa shape index (κ2) is 12.6. The van der Waals surface area contributed by atoms with Crippen molar-refractivity contribution in [1.29, 1.82) is 0 Å². The van der Waals surface area contributed by atoms with E-state index >= 15 is 0 Å². The lowest BCUT2D eigenvalue weighted by molar-refractivity contribution is -0.121. The quantitative estimate of drug-likeness (QED) is 0.203. The molecule has 3 amide bonds. The van der Waals surface area contributed by atoms with Crippen LogP contribution in [0.5, 0.6) is 0 Å². The molecule has 6 heteroatoms. The summed E-state index contributed by atoms with van der Waals surface area (Å²) < 4.78 is 1.01. The van der Waals surface area contributed by atoms with Crippen LogP contribution in [0.4, 0.5) is 0 Å². The fourth-order valence-electron chi connectivity index (χ4n) is 4.60. The average Bonchev–Trinajstić information content (AvgIpc) is 3.15. The van der Waals surface area contributed by atoms with Crippen LogP contribution in [0.15, 0.2) is 83.3 Å². The zero-order chi connectivity index (χ0) is 25.3. The predicted molar refractivity (Wildman–Crippen MR) is 145 cm³/mol. The number of imide groups is 1. The van der Waals surface area contributed by atoms with Crippen molar-refractivity contribution in [2.24, 2.45) is 0 Å². The molecule has 1 N–H and O–H groups in total. The first-order chi connectivity index (χ1) is 17.5. The number of nitrogens with one attached hydrogen (secondary N) is 1. The molecule has 36 heavy (non-hydrogen) atoms. The zero-order valence-corrected chi connectivity index (χ0v) is 21.9. The van der Waals surface area contributed by atoms with Crippen LogP contribution in [0.2, 0.25) is 0 Å². The lowest BCUT2D eigenvalue weighted by atomic mass is 9.98. The average molecular weight is 547 g/mol. The summed E-state index contributed by atoms with van der Waals surface area (Å²) in [5, 5.41) is 3.20. The summed E-state index contributed by atoms with van der Waals surface area (Å²) in [6.45, 7) is 0.464. The number of hydrogen-bond acceptors (Lipinski definition) is 3. The van der Waals surface area contributed by atoms with Crippen LogP contribution in [-0.4, -0.2) is 29.2 Å². The molecule has 0 bridgehead atoms. The minimum atomic E-state index is -0.182. The second-order valence-electron chi connectivity index (χ2n) is 9.14. The van der Waals surface area contributed by atoms with Crippen molar-refractivity contribution in [1.82, 2.24) is 10.2 Å². The Bertz CT molecular complexity index is 1160. The van der Waals surface area contributed by atoms with E-state index in [4.69, 9.17) is 0 Å². The van der Waals surface area contributed by atoms with Gasteiger partial charge in [0.05, 0.1) is 17.2 Å². The molecule has 1 atom stereocenters.